The molecular weight excluding hydrogens is 230 g/mol. The molecule has 70 valence electrons. The van der Waals surface area contributed by atoms with E-state index in [4.69, 9.17) is 0 Å². The van der Waals surface area contributed by atoms with Gasteiger partial charge in [-0.3, -0.25) is 0 Å². The Kier molecular flexibility index (Phi) is 2.80. The Labute approximate surface area is 86.1 Å². The minimum atomic E-state index is 0.536. The predicted molar refractivity (Wildman–Crippen MR) is 56.8 cm³/mol. The first-order valence-electron chi connectivity index (χ1n) is 4.43. The third-order valence-corrected chi connectivity index (χ3v) is 2.61. The number of pyridine rings is 1. The van der Waals surface area contributed by atoms with E-state index >= 15 is 0 Å². The summed E-state index contributed by atoms with van der Waals surface area (Å²) in [7, 11) is 0. The van der Waals surface area contributed by atoms with Crippen LogP contribution >= 0.6 is 15.9 Å². The first-order chi connectivity index (χ1) is 6.34. The number of anilines is 1. The van der Waals surface area contributed by atoms with Crippen molar-refractivity contribution >= 4 is 21.7 Å². The molecule has 3 nitrogen and oxygen atoms in total. The molecule has 0 bridgehead atoms. The van der Waals surface area contributed by atoms with Crippen LogP contribution in [0.25, 0.3) is 0 Å². The van der Waals surface area contributed by atoms with Gasteiger partial charge in [-0.25, -0.2) is 4.98 Å². The van der Waals surface area contributed by atoms with Crippen molar-refractivity contribution in [2.75, 3.05) is 18.4 Å². The highest BCUT2D eigenvalue weighted by atomic mass is 79.9. The Hall–Kier alpha value is -0.610. The molecule has 1 aromatic rings. The summed E-state index contributed by atoms with van der Waals surface area (Å²) >= 11 is 3.36. The van der Waals surface area contributed by atoms with Crippen molar-refractivity contribution < 1.29 is 0 Å². The van der Waals surface area contributed by atoms with Gasteiger partial charge in [-0.2, -0.15) is 0 Å². The van der Waals surface area contributed by atoms with E-state index in [1.807, 2.05) is 18.3 Å². The number of hydrogen-bond donors (Lipinski definition) is 2. The number of aromatic nitrogens is 1. The lowest BCUT2D eigenvalue weighted by Crippen LogP contribution is -2.22. The van der Waals surface area contributed by atoms with Gasteiger partial charge in [-0.1, -0.05) is 0 Å². The second-order valence-corrected chi connectivity index (χ2v) is 4.11. The molecule has 2 rings (SSSR count). The van der Waals surface area contributed by atoms with Crippen LogP contribution in [0.15, 0.2) is 22.8 Å². The molecule has 2 N–H and O–H groups in total. The third kappa shape index (κ3) is 2.42. The van der Waals surface area contributed by atoms with Gasteiger partial charge in [0.15, 0.2) is 0 Å². The summed E-state index contributed by atoms with van der Waals surface area (Å²) in [5.74, 6) is 0.955. The second-order valence-electron chi connectivity index (χ2n) is 3.20. The first-order valence-corrected chi connectivity index (χ1v) is 5.23. The Bertz CT molecular complexity index is 267. The summed E-state index contributed by atoms with van der Waals surface area (Å²) < 4.78 is 1.02. The molecule has 0 saturated carbocycles. The van der Waals surface area contributed by atoms with E-state index in [9.17, 15) is 0 Å². The minimum Gasteiger partial charge on any atom is -0.366 e. The molecule has 1 fully saturated rings. The van der Waals surface area contributed by atoms with Crippen molar-refractivity contribution in [3.8, 4) is 0 Å². The van der Waals surface area contributed by atoms with Crippen LogP contribution in [0.4, 0.5) is 5.82 Å². The van der Waals surface area contributed by atoms with Gasteiger partial charge in [0.2, 0.25) is 0 Å². The van der Waals surface area contributed by atoms with Crippen molar-refractivity contribution in [2.45, 2.75) is 12.5 Å². The van der Waals surface area contributed by atoms with Gasteiger partial charge in [0.1, 0.15) is 5.82 Å². The minimum absolute atomic E-state index is 0.536. The van der Waals surface area contributed by atoms with Gasteiger partial charge in [-0.05, 0) is 41.0 Å². The average molecular weight is 242 g/mol. The van der Waals surface area contributed by atoms with E-state index < -0.39 is 0 Å². The molecule has 1 aliphatic heterocycles. The lowest BCUT2D eigenvalue weighted by atomic mass is 10.2. The van der Waals surface area contributed by atoms with E-state index in [0.29, 0.717) is 6.04 Å². The van der Waals surface area contributed by atoms with Crippen molar-refractivity contribution in [2.24, 2.45) is 0 Å². The topological polar surface area (TPSA) is 37.0 Å². The van der Waals surface area contributed by atoms with E-state index in [1.165, 1.54) is 6.42 Å². The Morgan fingerprint density at radius 2 is 2.46 bits per heavy atom. The standard InChI is InChI=1S/C9H12BrN3/c10-7-1-2-9(12-5-7)13-8-3-4-11-6-8/h1-2,5,8,11H,3-4,6H2,(H,12,13)/t8-/m0/s1. The quantitative estimate of drug-likeness (QED) is 0.827. The fraction of sp³-hybridized carbons (Fsp3) is 0.444. The molecule has 13 heavy (non-hydrogen) atoms. The van der Waals surface area contributed by atoms with Crippen molar-refractivity contribution in [3.05, 3.63) is 22.8 Å². The zero-order valence-corrected chi connectivity index (χ0v) is 8.84. The molecule has 0 aliphatic carbocycles. The fourth-order valence-electron chi connectivity index (χ4n) is 1.45. The van der Waals surface area contributed by atoms with Gasteiger partial charge in [0.05, 0.1) is 0 Å². The van der Waals surface area contributed by atoms with Crippen LogP contribution in [0, 0.1) is 0 Å². The Balaban J connectivity index is 1.97. The fourth-order valence-corrected chi connectivity index (χ4v) is 1.68. The van der Waals surface area contributed by atoms with E-state index in [2.05, 4.69) is 31.5 Å². The molecule has 4 heteroatoms. The predicted octanol–water partition coefficient (Wildman–Crippen LogP) is 1.62. The van der Waals surface area contributed by atoms with Crippen molar-refractivity contribution in [3.63, 3.8) is 0 Å². The average Bonchev–Trinajstić information content (AvgIpc) is 2.62. The highest BCUT2D eigenvalue weighted by molar-refractivity contribution is 9.10. The number of rotatable bonds is 2. The molecule has 0 aromatic carbocycles. The largest absolute Gasteiger partial charge is 0.366 e. The van der Waals surface area contributed by atoms with E-state index in [-0.39, 0.29) is 0 Å². The first kappa shape index (κ1) is 8.97. The lowest BCUT2D eigenvalue weighted by molar-refractivity contribution is 0.788. The summed E-state index contributed by atoms with van der Waals surface area (Å²) in [5.41, 5.74) is 0. The zero-order valence-electron chi connectivity index (χ0n) is 7.26. The number of nitrogens with one attached hydrogen (secondary N) is 2. The normalized spacial score (nSPS) is 21.8. The van der Waals surface area contributed by atoms with Gasteiger partial charge in [0.25, 0.3) is 0 Å². The number of halogens is 1. The molecule has 0 amide bonds. The van der Waals surface area contributed by atoms with Gasteiger partial charge in [0, 0.05) is 23.3 Å². The molecule has 0 spiro atoms. The van der Waals surface area contributed by atoms with Crippen LogP contribution in [-0.2, 0) is 0 Å². The van der Waals surface area contributed by atoms with Crippen molar-refractivity contribution in [1.29, 1.82) is 0 Å². The molecule has 1 saturated heterocycles. The molecule has 1 atom stereocenters. The number of nitrogens with zero attached hydrogens (tertiary/aromatic N) is 1. The lowest BCUT2D eigenvalue weighted by Gasteiger charge is -2.11. The molecule has 0 unspecified atom stereocenters. The van der Waals surface area contributed by atoms with Crippen LogP contribution in [0.5, 0.6) is 0 Å². The zero-order chi connectivity index (χ0) is 9.10. The molecule has 1 aliphatic rings. The summed E-state index contributed by atoms with van der Waals surface area (Å²) in [4.78, 5) is 4.26. The van der Waals surface area contributed by atoms with Crippen LogP contribution < -0.4 is 10.6 Å². The van der Waals surface area contributed by atoms with E-state index in [0.717, 1.165) is 23.4 Å². The highest BCUT2D eigenvalue weighted by Gasteiger charge is 2.13. The smallest absolute Gasteiger partial charge is 0.126 e. The SMILES string of the molecule is Brc1ccc(N[C@H]2CCNC2)nc1. The summed E-state index contributed by atoms with van der Waals surface area (Å²) in [6, 6.07) is 4.52. The monoisotopic (exact) mass is 241 g/mol. The molecule has 1 aromatic heterocycles. The van der Waals surface area contributed by atoms with Crippen LogP contribution in [0.3, 0.4) is 0 Å². The summed E-state index contributed by atoms with van der Waals surface area (Å²) in [6.07, 6.45) is 2.99. The Morgan fingerprint density at radius 1 is 1.54 bits per heavy atom. The van der Waals surface area contributed by atoms with Crippen molar-refractivity contribution in [1.82, 2.24) is 10.3 Å². The third-order valence-electron chi connectivity index (χ3n) is 2.14. The molecular formula is C9H12BrN3. The maximum Gasteiger partial charge on any atom is 0.126 e. The van der Waals surface area contributed by atoms with Gasteiger partial charge >= 0.3 is 0 Å². The maximum atomic E-state index is 4.26. The van der Waals surface area contributed by atoms with E-state index in [1.54, 1.807) is 0 Å². The maximum absolute atomic E-state index is 4.26. The summed E-state index contributed by atoms with van der Waals surface area (Å²) in [6.45, 7) is 2.14. The highest BCUT2D eigenvalue weighted by Crippen LogP contribution is 2.12. The molecule has 0 radical (unpaired) electrons. The Morgan fingerprint density at radius 3 is 3.08 bits per heavy atom. The number of hydrogen-bond acceptors (Lipinski definition) is 3. The van der Waals surface area contributed by atoms with Gasteiger partial charge < -0.3 is 10.6 Å². The summed E-state index contributed by atoms with van der Waals surface area (Å²) in [5, 5.41) is 6.68. The van der Waals surface area contributed by atoms with Crippen LogP contribution in [0.2, 0.25) is 0 Å². The van der Waals surface area contributed by atoms with Crippen LogP contribution in [0.1, 0.15) is 6.42 Å². The second kappa shape index (κ2) is 4.07. The van der Waals surface area contributed by atoms with Crippen LogP contribution in [-0.4, -0.2) is 24.1 Å². The van der Waals surface area contributed by atoms with Gasteiger partial charge in [-0.15, -0.1) is 0 Å². The molecule has 2 heterocycles.